The minimum absolute atomic E-state index is 0.0530. The molecule has 0 aliphatic rings. The molecule has 19 heavy (non-hydrogen) atoms. The molecular formula is C15H14N2O2. The van der Waals surface area contributed by atoms with Crippen molar-refractivity contribution in [3.05, 3.63) is 59.4 Å². The van der Waals surface area contributed by atoms with Gasteiger partial charge in [-0.05, 0) is 31.2 Å². The Morgan fingerprint density at radius 3 is 2.79 bits per heavy atom. The number of aromatic hydroxyl groups is 1. The Morgan fingerprint density at radius 1 is 1.32 bits per heavy atom. The van der Waals surface area contributed by atoms with Crippen LogP contribution in [0.5, 0.6) is 5.75 Å². The van der Waals surface area contributed by atoms with Gasteiger partial charge in [-0.2, -0.15) is 0 Å². The second-order valence-electron chi connectivity index (χ2n) is 4.19. The van der Waals surface area contributed by atoms with Gasteiger partial charge in [0.1, 0.15) is 12.3 Å². The molecule has 0 aliphatic heterocycles. The summed E-state index contributed by atoms with van der Waals surface area (Å²) in [4.78, 5) is 19.7. The van der Waals surface area contributed by atoms with Gasteiger partial charge in [-0.25, -0.2) is 0 Å². The van der Waals surface area contributed by atoms with Gasteiger partial charge in [0.15, 0.2) is 5.78 Å². The number of aromatic nitrogens is 1. The maximum absolute atomic E-state index is 11.8. The molecule has 0 fully saturated rings. The first-order valence-electron chi connectivity index (χ1n) is 5.89. The van der Waals surface area contributed by atoms with Crippen molar-refractivity contribution in [1.29, 1.82) is 0 Å². The molecule has 4 nitrogen and oxygen atoms in total. The fraction of sp³-hybridized carbons (Fsp3) is 0.133. The summed E-state index contributed by atoms with van der Waals surface area (Å²) < 4.78 is 0. The first-order chi connectivity index (χ1) is 9.16. The average Bonchev–Trinajstić information content (AvgIpc) is 2.43. The summed E-state index contributed by atoms with van der Waals surface area (Å²) >= 11 is 0. The Bertz CT molecular complexity index is 607. The van der Waals surface area contributed by atoms with E-state index in [4.69, 9.17) is 0 Å². The molecule has 0 spiro atoms. The van der Waals surface area contributed by atoms with Crippen LogP contribution in [0.2, 0.25) is 0 Å². The van der Waals surface area contributed by atoms with Crippen molar-refractivity contribution < 1.29 is 9.90 Å². The smallest absolute Gasteiger partial charge is 0.184 e. The summed E-state index contributed by atoms with van der Waals surface area (Å²) in [5, 5.41) is 9.63. The second kappa shape index (κ2) is 5.91. The van der Waals surface area contributed by atoms with Gasteiger partial charge in [0.2, 0.25) is 0 Å². The quantitative estimate of drug-likeness (QED) is 0.673. The number of nitrogens with zero attached hydrogens (tertiary/aromatic N) is 2. The van der Waals surface area contributed by atoms with Crippen molar-refractivity contribution in [2.24, 2.45) is 4.99 Å². The van der Waals surface area contributed by atoms with E-state index >= 15 is 0 Å². The van der Waals surface area contributed by atoms with Crippen LogP contribution in [0.1, 0.15) is 21.5 Å². The molecule has 2 aromatic rings. The molecule has 0 aliphatic carbocycles. The van der Waals surface area contributed by atoms with Gasteiger partial charge >= 0.3 is 0 Å². The molecule has 0 amide bonds. The normalized spacial score (nSPS) is 10.8. The van der Waals surface area contributed by atoms with Crippen molar-refractivity contribution in [2.75, 3.05) is 6.54 Å². The molecule has 0 saturated carbocycles. The minimum Gasteiger partial charge on any atom is -0.507 e. The molecule has 0 unspecified atom stereocenters. The van der Waals surface area contributed by atoms with E-state index in [1.165, 1.54) is 6.21 Å². The van der Waals surface area contributed by atoms with Crippen LogP contribution < -0.4 is 0 Å². The topological polar surface area (TPSA) is 62.6 Å². The van der Waals surface area contributed by atoms with Crippen molar-refractivity contribution in [3.8, 4) is 5.75 Å². The fourth-order valence-electron chi connectivity index (χ4n) is 1.63. The number of aryl methyl sites for hydroxylation is 1. The number of hydrogen-bond acceptors (Lipinski definition) is 4. The Balaban J connectivity index is 2.04. The summed E-state index contributed by atoms with van der Waals surface area (Å²) in [5.74, 6) is 0.0801. The standard InChI is InChI=1S/C15H14N2O2/c1-11-2-3-14(18)13(8-11)9-17-10-15(19)12-4-6-16-7-5-12/h2-9,18H,10H2,1H3. The zero-order valence-electron chi connectivity index (χ0n) is 10.6. The number of phenolic OH excluding ortho intramolecular Hbond substituents is 1. The van der Waals surface area contributed by atoms with Crippen molar-refractivity contribution in [1.82, 2.24) is 4.98 Å². The summed E-state index contributed by atoms with van der Waals surface area (Å²) in [7, 11) is 0. The van der Waals surface area contributed by atoms with E-state index in [1.807, 2.05) is 19.1 Å². The molecule has 4 heteroatoms. The number of phenols is 1. The van der Waals surface area contributed by atoms with E-state index in [0.717, 1.165) is 5.56 Å². The summed E-state index contributed by atoms with van der Waals surface area (Å²) in [6.07, 6.45) is 4.66. The highest BCUT2D eigenvalue weighted by atomic mass is 16.3. The monoisotopic (exact) mass is 254 g/mol. The van der Waals surface area contributed by atoms with Crippen LogP contribution in [-0.4, -0.2) is 28.6 Å². The Kier molecular flexibility index (Phi) is 4.03. The average molecular weight is 254 g/mol. The third kappa shape index (κ3) is 3.48. The number of benzene rings is 1. The lowest BCUT2D eigenvalue weighted by atomic mass is 10.1. The molecule has 1 heterocycles. The highest BCUT2D eigenvalue weighted by Gasteiger charge is 2.03. The predicted octanol–water partition coefficient (Wildman–Crippen LogP) is 2.40. The number of rotatable bonds is 4. The van der Waals surface area contributed by atoms with E-state index < -0.39 is 0 Å². The van der Waals surface area contributed by atoms with Gasteiger partial charge in [-0.3, -0.25) is 14.8 Å². The second-order valence-corrected chi connectivity index (χ2v) is 4.19. The van der Waals surface area contributed by atoms with Crippen LogP contribution in [0.25, 0.3) is 0 Å². The zero-order chi connectivity index (χ0) is 13.7. The van der Waals surface area contributed by atoms with Gasteiger partial charge in [-0.1, -0.05) is 11.6 Å². The molecule has 1 aromatic carbocycles. The lowest BCUT2D eigenvalue weighted by Crippen LogP contribution is -2.03. The Hall–Kier alpha value is -2.49. The fourth-order valence-corrected chi connectivity index (χ4v) is 1.63. The Morgan fingerprint density at radius 2 is 2.05 bits per heavy atom. The van der Waals surface area contributed by atoms with Crippen LogP contribution in [0.3, 0.4) is 0 Å². The molecule has 1 N–H and O–H groups in total. The SMILES string of the molecule is Cc1ccc(O)c(C=NCC(=O)c2ccncc2)c1. The number of ketones is 1. The lowest BCUT2D eigenvalue weighted by Gasteiger charge is -2.00. The lowest BCUT2D eigenvalue weighted by molar-refractivity contribution is 0.100. The molecule has 1 aromatic heterocycles. The summed E-state index contributed by atoms with van der Waals surface area (Å²) in [6.45, 7) is 1.98. The van der Waals surface area contributed by atoms with E-state index in [0.29, 0.717) is 11.1 Å². The first-order valence-corrected chi connectivity index (χ1v) is 5.89. The van der Waals surface area contributed by atoms with Crippen molar-refractivity contribution >= 4 is 12.0 Å². The van der Waals surface area contributed by atoms with E-state index in [2.05, 4.69) is 9.98 Å². The summed E-state index contributed by atoms with van der Waals surface area (Å²) in [5.41, 5.74) is 2.22. The molecular weight excluding hydrogens is 240 g/mol. The number of carbonyl (C=O) groups excluding carboxylic acids is 1. The van der Waals surface area contributed by atoms with Crippen LogP contribution in [0.4, 0.5) is 0 Å². The first kappa shape index (κ1) is 13.0. The Labute approximate surface area is 111 Å². The number of pyridine rings is 1. The minimum atomic E-state index is -0.0780. The molecule has 0 atom stereocenters. The van der Waals surface area contributed by atoms with Crippen LogP contribution in [0.15, 0.2) is 47.7 Å². The van der Waals surface area contributed by atoms with Crippen molar-refractivity contribution in [2.45, 2.75) is 6.92 Å². The van der Waals surface area contributed by atoms with Crippen LogP contribution >= 0.6 is 0 Å². The van der Waals surface area contributed by atoms with Gasteiger partial charge in [0.05, 0.1) is 0 Å². The molecule has 0 bridgehead atoms. The maximum Gasteiger partial charge on any atom is 0.184 e. The van der Waals surface area contributed by atoms with Gasteiger partial charge in [0, 0.05) is 29.7 Å². The number of carbonyl (C=O) groups is 1. The largest absolute Gasteiger partial charge is 0.507 e. The highest BCUT2D eigenvalue weighted by Crippen LogP contribution is 2.15. The predicted molar refractivity (Wildman–Crippen MR) is 73.9 cm³/mol. The van der Waals surface area contributed by atoms with Crippen LogP contribution in [0, 0.1) is 6.92 Å². The third-order valence-corrected chi connectivity index (χ3v) is 2.65. The van der Waals surface area contributed by atoms with Gasteiger partial charge in [0.25, 0.3) is 0 Å². The number of Topliss-reactive ketones (excluding diaryl/α,β-unsaturated/α-hetero) is 1. The van der Waals surface area contributed by atoms with Gasteiger partial charge in [-0.15, -0.1) is 0 Å². The maximum atomic E-state index is 11.8. The summed E-state index contributed by atoms with van der Waals surface area (Å²) in [6, 6.07) is 8.55. The molecule has 96 valence electrons. The van der Waals surface area contributed by atoms with Gasteiger partial charge < -0.3 is 5.11 Å². The van der Waals surface area contributed by atoms with Crippen LogP contribution in [-0.2, 0) is 0 Å². The number of hydrogen-bond donors (Lipinski definition) is 1. The number of aliphatic imine (C=N–C) groups is 1. The van der Waals surface area contributed by atoms with E-state index in [-0.39, 0.29) is 18.1 Å². The van der Waals surface area contributed by atoms with E-state index in [1.54, 1.807) is 30.6 Å². The van der Waals surface area contributed by atoms with E-state index in [9.17, 15) is 9.90 Å². The molecule has 0 saturated heterocycles. The van der Waals surface area contributed by atoms with Crippen molar-refractivity contribution in [3.63, 3.8) is 0 Å². The molecule has 0 radical (unpaired) electrons. The molecule has 2 rings (SSSR count). The third-order valence-electron chi connectivity index (χ3n) is 2.65. The zero-order valence-corrected chi connectivity index (χ0v) is 10.6. The highest BCUT2D eigenvalue weighted by molar-refractivity contribution is 5.98.